The summed E-state index contributed by atoms with van der Waals surface area (Å²) in [6.45, 7) is 6.59. The Bertz CT molecular complexity index is 851. The second-order valence-corrected chi connectivity index (χ2v) is 6.74. The van der Waals surface area contributed by atoms with Crippen LogP contribution in [0, 0.1) is 6.92 Å². The smallest absolute Gasteiger partial charge is 0.133 e. The lowest BCUT2D eigenvalue weighted by Crippen LogP contribution is -2.31. The van der Waals surface area contributed by atoms with Crippen molar-refractivity contribution in [3.8, 4) is 0 Å². The second kappa shape index (κ2) is 7.62. The fraction of sp³-hybridized carbons (Fsp3) is 0.286. The molecule has 0 fully saturated rings. The van der Waals surface area contributed by atoms with E-state index in [1.807, 2.05) is 24.7 Å². The maximum absolute atomic E-state index is 4.86. The zero-order chi connectivity index (χ0) is 17.8. The summed E-state index contributed by atoms with van der Waals surface area (Å²) in [4.78, 5) is 18.3. The predicted octanol–water partition coefficient (Wildman–Crippen LogP) is 3.20. The van der Waals surface area contributed by atoms with Crippen LogP contribution in [0.3, 0.4) is 0 Å². The van der Waals surface area contributed by atoms with Gasteiger partial charge in [-0.1, -0.05) is 12.1 Å². The van der Waals surface area contributed by atoms with Crippen molar-refractivity contribution < 1.29 is 0 Å². The summed E-state index contributed by atoms with van der Waals surface area (Å²) in [7, 11) is 0. The first-order chi connectivity index (χ1) is 12.8. The molecule has 0 unspecified atom stereocenters. The van der Waals surface area contributed by atoms with Gasteiger partial charge in [-0.15, -0.1) is 0 Å². The molecule has 0 saturated carbocycles. The maximum Gasteiger partial charge on any atom is 0.133 e. The van der Waals surface area contributed by atoms with Crippen LogP contribution < -0.4 is 4.90 Å². The number of anilines is 1. The highest BCUT2D eigenvalue weighted by Gasteiger charge is 2.21. The van der Waals surface area contributed by atoms with Crippen molar-refractivity contribution in [2.75, 3.05) is 18.0 Å². The van der Waals surface area contributed by atoms with E-state index in [1.165, 1.54) is 11.1 Å². The largest absolute Gasteiger partial charge is 0.351 e. The van der Waals surface area contributed by atoms with Gasteiger partial charge in [-0.2, -0.15) is 0 Å². The molecule has 0 spiro atoms. The van der Waals surface area contributed by atoms with Gasteiger partial charge in [0.1, 0.15) is 5.82 Å². The molecule has 0 N–H and O–H groups in total. The van der Waals surface area contributed by atoms with Crippen LogP contribution in [0.5, 0.6) is 0 Å². The van der Waals surface area contributed by atoms with Crippen LogP contribution in [-0.2, 0) is 19.6 Å². The lowest BCUT2D eigenvalue weighted by molar-refractivity contribution is 0.265. The van der Waals surface area contributed by atoms with Gasteiger partial charge in [-0.05, 0) is 42.8 Å². The van der Waals surface area contributed by atoms with Crippen molar-refractivity contribution in [1.82, 2.24) is 19.9 Å². The zero-order valence-electron chi connectivity index (χ0n) is 15.0. The highest BCUT2D eigenvalue weighted by molar-refractivity contribution is 5.49. The summed E-state index contributed by atoms with van der Waals surface area (Å²) in [6.07, 6.45) is 5.57. The van der Waals surface area contributed by atoms with Crippen LogP contribution in [0.4, 0.5) is 5.82 Å². The number of fused-ring (bicyclic) bond motifs is 1. The molecule has 132 valence electrons. The Balaban J connectivity index is 1.59. The number of aromatic nitrogens is 3. The molecule has 0 radical (unpaired) electrons. The molecule has 0 aliphatic carbocycles. The molecule has 0 bridgehead atoms. The fourth-order valence-corrected chi connectivity index (χ4v) is 3.38. The van der Waals surface area contributed by atoms with Gasteiger partial charge in [-0.25, -0.2) is 4.98 Å². The minimum atomic E-state index is 0.851. The lowest BCUT2D eigenvalue weighted by atomic mass is 10.2. The average molecular weight is 345 g/mol. The molecule has 0 amide bonds. The van der Waals surface area contributed by atoms with Crippen LogP contribution in [0.1, 0.15) is 22.5 Å². The summed E-state index contributed by atoms with van der Waals surface area (Å²) < 4.78 is 0. The molecule has 1 aliphatic heterocycles. The number of nitrogens with zero attached hydrogens (tertiary/aromatic N) is 5. The summed E-state index contributed by atoms with van der Waals surface area (Å²) in [5.41, 5.74) is 4.70. The van der Waals surface area contributed by atoms with Crippen LogP contribution in [-0.4, -0.2) is 32.9 Å². The fourth-order valence-electron chi connectivity index (χ4n) is 3.38. The topological polar surface area (TPSA) is 45.2 Å². The van der Waals surface area contributed by atoms with E-state index in [0.29, 0.717) is 0 Å². The maximum atomic E-state index is 4.86. The van der Waals surface area contributed by atoms with E-state index in [-0.39, 0.29) is 0 Å². The molecular weight excluding hydrogens is 322 g/mol. The van der Waals surface area contributed by atoms with E-state index in [0.717, 1.165) is 49.9 Å². The summed E-state index contributed by atoms with van der Waals surface area (Å²) in [5, 5.41) is 0. The predicted molar refractivity (Wildman–Crippen MR) is 103 cm³/mol. The highest BCUT2D eigenvalue weighted by Crippen LogP contribution is 2.25. The minimum Gasteiger partial charge on any atom is -0.351 e. The lowest BCUT2D eigenvalue weighted by Gasteiger charge is -2.24. The average Bonchev–Trinajstić information content (AvgIpc) is 2.83. The quantitative estimate of drug-likeness (QED) is 0.727. The van der Waals surface area contributed by atoms with E-state index >= 15 is 0 Å². The standard InChI is InChI=1S/C21H23N5/c1-17-5-6-19-15-25(16-20-4-2-3-9-23-20)12-13-26(21(19)24-17)14-18-7-10-22-11-8-18/h2-11H,12-16H2,1H3. The molecule has 26 heavy (non-hydrogen) atoms. The molecular formula is C21H23N5. The van der Waals surface area contributed by atoms with Crippen molar-refractivity contribution >= 4 is 5.82 Å². The Morgan fingerprint density at radius 2 is 1.81 bits per heavy atom. The van der Waals surface area contributed by atoms with Gasteiger partial charge in [-0.3, -0.25) is 14.9 Å². The van der Waals surface area contributed by atoms with Crippen LogP contribution >= 0.6 is 0 Å². The molecule has 3 aromatic heterocycles. The number of pyridine rings is 3. The Kier molecular flexibility index (Phi) is 4.88. The monoisotopic (exact) mass is 345 g/mol. The molecule has 4 heterocycles. The molecule has 3 aromatic rings. The first-order valence-electron chi connectivity index (χ1n) is 9.00. The third-order valence-corrected chi connectivity index (χ3v) is 4.71. The highest BCUT2D eigenvalue weighted by atomic mass is 15.3. The van der Waals surface area contributed by atoms with Crippen molar-refractivity contribution in [3.05, 3.63) is 83.6 Å². The number of hydrogen-bond acceptors (Lipinski definition) is 5. The van der Waals surface area contributed by atoms with E-state index in [1.54, 1.807) is 0 Å². The SMILES string of the molecule is Cc1ccc2c(n1)N(Cc1ccncc1)CCN(Cc1ccccn1)C2. The number of rotatable bonds is 4. The van der Waals surface area contributed by atoms with Crippen molar-refractivity contribution in [1.29, 1.82) is 0 Å². The first kappa shape index (κ1) is 16.7. The zero-order valence-corrected chi connectivity index (χ0v) is 15.0. The molecule has 1 aliphatic rings. The first-order valence-corrected chi connectivity index (χ1v) is 9.00. The Labute approximate surface area is 154 Å². The van der Waals surface area contributed by atoms with Crippen molar-refractivity contribution in [2.24, 2.45) is 0 Å². The number of hydrogen-bond donors (Lipinski definition) is 0. The summed E-state index contributed by atoms with van der Waals surface area (Å²) in [6, 6.07) is 14.6. The molecule has 5 nitrogen and oxygen atoms in total. The van der Waals surface area contributed by atoms with Crippen LogP contribution in [0.2, 0.25) is 0 Å². The van der Waals surface area contributed by atoms with E-state index < -0.39 is 0 Å². The van der Waals surface area contributed by atoms with Gasteiger partial charge in [0.15, 0.2) is 0 Å². The third kappa shape index (κ3) is 3.89. The van der Waals surface area contributed by atoms with E-state index in [2.05, 4.69) is 63.1 Å². The Hall–Kier alpha value is -2.79. The van der Waals surface area contributed by atoms with Gasteiger partial charge in [0.2, 0.25) is 0 Å². The molecule has 0 atom stereocenters. The van der Waals surface area contributed by atoms with Crippen LogP contribution in [0.15, 0.2) is 61.1 Å². The summed E-state index contributed by atoms with van der Waals surface area (Å²) in [5.74, 6) is 1.10. The molecule has 0 saturated heterocycles. The van der Waals surface area contributed by atoms with Gasteiger partial charge in [0.25, 0.3) is 0 Å². The second-order valence-electron chi connectivity index (χ2n) is 6.74. The normalized spacial score (nSPS) is 14.7. The third-order valence-electron chi connectivity index (χ3n) is 4.71. The van der Waals surface area contributed by atoms with Crippen molar-refractivity contribution in [3.63, 3.8) is 0 Å². The Morgan fingerprint density at radius 3 is 2.62 bits per heavy atom. The molecule has 4 rings (SSSR count). The van der Waals surface area contributed by atoms with Crippen LogP contribution in [0.25, 0.3) is 0 Å². The van der Waals surface area contributed by atoms with E-state index in [9.17, 15) is 0 Å². The van der Waals surface area contributed by atoms with E-state index in [4.69, 9.17) is 4.98 Å². The van der Waals surface area contributed by atoms with Crippen molar-refractivity contribution in [2.45, 2.75) is 26.6 Å². The minimum absolute atomic E-state index is 0.851. The van der Waals surface area contributed by atoms with Gasteiger partial charge in [0, 0.05) is 62.6 Å². The van der Waals surface area contributed by atoms with Gasteiger partial charge < -0.3 is 4.90 Å². The summed E-state index contributed by atoms with van der Waals surface area (Å²) >= 11 is 0. The Morgan fingerprint density at radius 1 is 0.923 bits per heavy atom. The number of aryl methyl sites for hydroxylation is 1. The molecule has 5 heteroatoms. The van der Waals surface area contributed by atoms with Gasteiger partial charge >= 0.3 is 0 Å². The molecule has 0 aromatic carbocycles. The van der Waals surface area contributed by atoms with Gasteiger partial charge in [0.05, 0.1) is 5.69 Å².